The third kappa shape index (κ3) is 4.68. The Morgan fingerprint density at radius 2 is 1.72 bits per heavy atom. The maximum atomic E-state index is 13.1. The number of hydrogen-bond donors (Lipinski definition) is 0. The summed E-state index contributed by atoms with van der Waals surface area (Å²) >= 11 is 6.15. The van der Waals surface area contributed by atoms with E-state index in [1.54, 1.807) is 51.1 Å². The lowest BCUT2D eigenvalue weighted by atomic mass is 10.1. The van der Waals surface area contributed by atoms with Crippen molar-refractivity contribution >= 4 is 27.7 Å². The molecule has 0 aliphatic heterocycles. The fourth-order valence-corrected chi connectivity index (χ4v) is 4.93. The Labute approximate surface area is 190 Å². The monoisotopic (exact) mass is 476 g/mol. The molecular weight excluding hydrogens is 456 g/mol. The molecular formula is C22H21ClN2O6S. The first-order valence-corrected chi connectivity index (χ1v) is 11.4. The zero-order valence-electron chi connectivity index (χ0n) is 17.9. The SMILES string of the molecule is CCOC(=O)c1nn(-c2ccccc2Cl)c(=O)cc1OS(=O)(=O)c1c(C)cc(C)cc1C. The Balaban J connectivity index is 2.18. The van der Waals surface area contributed by atoms with Crippen LogP contribution in [0.15, 0.2) is 52.2 Å². The zero-order chi connectivity index (χ0) is 23.6. The molecule has 1 heterocycles. The van der Waals surface area contributed by atoms with E-state index in [1.165, 1.54) is 6.07 Å². The third-order valence-corrected chi connectivity index (χ3v) is 6.36. The van der Waals surface area contributed by atoms with Crippen molar-refractivity contribution in [1.29, 1.82) is 0 Å². The summed E-state index contributed by atoms with van der Waals surface area (Å²) in [6.07, 6.45) is 0. The molecule has 32 heavy (non-hydrogen) atoms. The predicted molar refractivity (Wildman–Crippen MR) is 119 cm³/mol. The number of esters is 1. The average molecular weight is 477 g/mol. The summed E-state index contributed by atoms with van der Waals surface area (Å²) in [5, 5.41) is 4.23. The summed E-state index contributed by atoms with van der Waals surface area (Å²) in [6, 6.07) is 10.6. The van der Waals surface area contributed by atoms with Gasteiger partial charge in [-0.05, 0) is 51.0 Å². The molecule has 0 aliphatic rings. The largest absolute Gasteiger partial charge is 0.461 e. The first kappa shape index (κ1) is 23.5. The Bertz CT molecular complexity index is 1340. The van der Waals surface area contributed by atoms with Crippen LogP contribution in [0.3, 0.4) is 0 Å². The molecule has 0 unspecified atom stereocenters. The lowest BCUT2D eigenvalue weighted by Gasteiger charge is -2.15. The summed E-state index contributed by atoms with van der Waals surface area (Å²) < 4.78 is 37.3. The van der Waals surface area contributed by atoms with E-state index in [0.717, 1.165) is 16.3 Å². The van der Waals surface area contributed by atoms with Gasteiger partial charge in [0.15, 0.2) is 5.75 Å². The molecule has 0 fully saturated rings. The summed E-state index contributed by atoms with van der Waals surface area (Å²) in [5.74, 6) is -1.48. The van der Waals surface area contributed by atoms with E-state index < -0.39 is 33.1 Å². The van der Waals surface area contributed by atoms with E-state index in [-0.39, 0.29) is 22.2 Å². The highest BCUT2D eigenvalue weighted by Crippen LogP contribution is 2.27. The molecule has 0 amide bonds. The smallest absolute Gasteiger partial charge is 0.362 e. The Morgan fingerprint density at radius 1 is 1.09 bits per heavy atom. The molecule has 2 aromatic carbocycles. The van der Waals surface area contributed by atoms with Crippen molar-refractivity contribution in [2.24, 2.45) is 0 Å². The molecule has 0 spiro atoms. The van der Waals surface area contributed by atoms with Crippen LogP contribution in [-0.2, 0) is 14.9 Å². The molecule has 8 nitrogen and oxygen atoms in total. The van der Waals surface area contributed by atoms with Crippen LogP contribution in [-0.4, -0.2) is 30.8 Å². The Morgan fingerprint density at radius 3 is 2.31 bits per heavy atom. The van der Waals surface area contributed by atoms with E-state index in [0.29, 0.717) is 11.1 Å². The molecule has 3 aromatic rings. The van der Waals surface area contributed by atoms with E-state index in [2.05, 4.69) is 5.10 Å². The standard InChI is InChI=1S/C22H21ClN2O6S/c1-5-30-22(27)20-18(12-19(26)25(24-20)17-9-7-6-8-16(17)23)31-32(28,29)21-14(3)10-13(2)11-15(21)4/h6-12H,5H2,1-4H3. The summed E-state index contributed by atoms with van der Waals surface area (Å²) in [6.45, 7) is 6.70. The van der Waals surface area contributed by atoms with E-state index in [9.17, 15) is 18.0 Å². The van der Waals surface area contributed by atoms with Gasteiger partial charge in [0.05, 0.1) is 23.4 Å². The van der Waals surface area contributed by atoms with Crippen molar-refractivity contribution in [3.05, 3.63) is 80.2 Å². The van der Waals surface area contributed by atoms with Gasteiger partial charge in [-0.1, -0.05) is 41.4 Å². The van der Waals surface area contributed by atoms with Gasteiger partial charge in [0.2, 0.25) is 5.69 Å². The van der Waals surface area contributed by atoms with E-state index in [4.69, 9.17) is 20.5 Å². The minimum atomic E-state index is -4.39. The number of nitrogens with zero attached hydrogens (tertiary/aromatic N) is 2. The first-order valence-electron chi connectivity index (χ1n) is 9.64. The lowest BCUT2D eigenvalue weighted by Crippen LogP contribution is -2.26. The van der Waals surface area contributed by atoms with Gasteiger partial charge in [0, 0.05) is 0 Å². The van der Waals surface area contributed by atoms with Crippen molar-refractivity contribution in [3.8, 4) is 11.4 Å². The number of ether oxygens (including phenoxy) is 1. The predicted octanol–water partition coefficient (Wildman–Crippen LogP) is 3.76. The quantitative estimate of drug-likeness (QED) is 0.394. The summed E-state index contributed by atoms with van der Waals surface area (Å²) in [7, 11) is -4.39. The maximum Gasteiger partial charge on any atom is 0.362 e. The lowest BCUT2D eigenvalue weighted by molar-refractivity contribution is 0.0515. The first-order chi connectivity index (χ1) is 15.0. The number of carbonyl (C=O) groups excluding carboxylic acids is 1. The van der Waals surface area contributed by atoms with E-state index >= 15 is 0 Å². The van der Waals surface area contributed by atoms with Gasteiger partial charge in [-0.25, -0.2) is 4.79 Å². The second-order valence-corrected chi connectivity index (χ2v) is 8.93. The highest BCUT2D eigenvalue weighted by atomic mass is 35.5. The molecule has 0 atom stereocenters. The highest BCUT2D eigenvalue weighted by Gasteiger charge is 2.28. The van der Waals surface area contributed by atoms with Crippen LogP contribution in [0.1, 0.15) is 34.1 Å². The van der Waals surface area contributed by atoms with Crippen LogP contribution in [0.2, 0.25) is 5.02 Å². The summed E-state index contributed by atoms with van der Waals surface area (Å²) in [4.78, 5) is 25.2. The van der Waals surface area contributed by atoms with Gasteiger partial charge in [-0.15, -0.1) is 0 Å². The fraction of sp³-hybridized carbons (Fsp3) is 0.227. The minimum absolute atomic E-state index is 0.00804. The molecule has 0 bridgehead atoms. The molecule has 3 rings (SSSR count). The van der Waals surface area contributed by atoms with Crippen LogP contribution in [0.25, 0.3) is 5.69 Å². The maximum absolute atomic E-state index is 13.1. The van der Waals surface area contributed by atoms with Crippen LogP contribution in [0.5, 0.6) is 5.75 Å². The molecule has 0 aliphatic carbocycles. The molecule has 0 radical (unpaired) electrons. The number of aromatic nitrogens is 2. The fourth-order valence-electron chi connectivity index (χ4n) is 3.36. The van der Waals surface area contributed by atoms with Gasteiger partial charge in [-0.2, -0.15) is 18.2 Å². The molecule has 0 saturated heterocycles. The second kappa shape index (κ2) is 9.13. The van der Waals surface area contributed by atoms with Gasteiger partial charge in [-0.3, -0.25) is 4.79 Å². The second-order valence-electron chi connectivity index (χ2n) is 7.04. The van der Waals surface area contributed by atoms with Gasteiger partial charge in [0.25, 0.3) is 5.56 Å². The number of carbonyl (C=O) groups is 1. The molecule has 0 N–H and O–H groups in total. The summed E-state index contributed by atoms with van der Waals surface area (Å²) in [5.41, 5.74) is 0.820. The molecule has 10 heteroatoms. The van der Waals surface area contributed by atoms with Crippen molar-refractivity contribution in [2.45, 2.75) is 32.6 Å². The van der Waals surface area contributed by atoms with Crippen molar-refractivity contribution in [3.63, 3.8) is 0 Å². The minimum Gasteiger partial charge on any atom is -0.461 e. The Hall–Kier alpha value is -3.17. The van der Waals surface area contributed by atoms with Crippen LogP contribution < -0.4 is 9.74 Å². The van der Waals surface area contributed by atoms with E-state index in [1.807, 2.05) is 6.92 Å². The topological polar surface area (TPSA) is 105 Å². The zero-order valence-corrected chi connectivity index (χ0v) is 19.5. The molecule has 1 aromatic heterocycles. The normalized spacial score (nSPS) is 11.3. The van der Waals surface area contributed by atoms with Crippen LogP contribution >= 0.6 is 11.6 Å². The van der Waals surface area contributed by atoms with Gasteiger partial charge in [0.1, 0.15) is 4.90 Å². The van der Waals surface area contributed by atoms with Crippen LogP contribution in [0.4, 0.5) is 0 Å². The number of aryl methyl sites for hydroxylation is 3. The Kier molecular flexibility index (Phi) is 6.71. The van der Waals surface area contributed by atoms with Crippen molar-refractivity contribution in [2.75, 3.05) is 6.61 Å². The van der Waals surface area contributed by atoms with Gasteiger partial charge < -0.3 is 8.92 Å². The number of rotatable bonds is 6. The van der Waals surface area contributed by atoms with Crippen molar-refractivity contribution < 1.29 is 22.1 Å². The number of hydrogen-bond acceptors (Lipinski definition) is 7. The van der Waals surface area contributed by atoms with Crippen LogP contribution in [0, 0.1) is 20.8 Å². The third-order valence-electron chi connectivity index (χ3n) is 4.50. The number of halogens is 1. The highest BCUT2D eigenvalue weighted by molar-refractivity contribution is 7.87. The average Bonchev–Trinajstić information content (AvgIpc) is 2.67. The molecule has 168 valence electrons. The van der Waals surface area contributed by atoms with Gasteiger partial charge >= 0.3 is 16.1 Å². The number of para-hydroxylation sites is 1. The molecule has 0 saturated carbocycles. The number of benzene rings is 2. The van der Waals surface area contributed by atoms with Crippen molar-refractivity contribution in [1.82, 2.24) is 9.78 Å².